The molecule has 0 unspecified atom stereocenters. The van der Waals surface area contributed by atoms with E-state index in [-0.39, 0.29) is 0 Å². The molecule has 1 aromatic carbocycles. The van der Waals surface area contributed by atoms with Gasteiger partial charge in [-0.2, -0.15) is 5.10 Å². The third kappa shape index (κ3) is 2.85. The molecule has 0 aliphatic rings. The first-order valence-corrected chi connectivity index (χ1v) is 7.00. The number of carboxylic acids is 1. The van der Waals surface area contributed by atoms with Crippen LogP contribution in [0, 0.1) is 0 Å². The van der Waals surface area contributed by atoms with Crippen LogP contribution in [0.3, 0.4) is 0 Å². The van der Waals surface area contributed by atoms with Gasteiger partial charge in [0.1, 0.15) is 5.56 Å². The molecule has 4 nitrogen and oxygen atoms in total. The van der Waals surface area contributed by atoms with Crippen LogP contribution >= 0.6 is 11.6 Å². The van der Waals surface area contributed by atoms with Crippen LogP contribution in [0.25, 0.3) is 0 Å². The number of aromatic carboxylic acids is 1. The lowest BCUT2D eigenvalue weighted by Gasteiger charge is -2.07. The molecular weight excluding hydrogens is 276 g/mol. The molecule has 0 aliphatic carbocycles. The highest BCUT2D eigenvalue weighted by Gasteiger charge is 2.21. The van der Waals surface area contributed by atoms with Gasteiger partial charge in [-0.3, -0.25) is 4.68 Å². The Morgan fingerprint density at radius 2 is 2.10 bits per heavy atom. The van der Waals surface area contributed by atoms with Gasteiger partial charge in [-0.25, -0.2) is 4.79 Å². The predicted octanol–water partition coefficient (Wildman–Crippen LogP) is 3.41. The summed E-state index contributed by atoms with van der Waals surface area (Å²) in [6.45, 7) is 4.39. The number of aryl methyl sites for hydroxylation is 1. The molecule has 20 heavy (non-hydrogen) atoms. The van der Waals surface area contributed by atoms with Crippen molar-refractivity contribution in [3.63, 3.8) is 0 Å². The summed E-state index contributed by atoms with van der Waals surface area (Å²) in [4.78, 5) is 11.4. The van der Waals surface area contributed by atoms with E-state index < -0.39 is 5.97 Å². The lowest BCUT2D eigenvalue weighted by molar-refractivity contribution is 0.0694. The van der Waals surface area contributed by atoms with Gasteiger partial charge in [0, 0.05) is 5.02 Å². The average molecular weight is 293 g/mol. The van der Waals surface area contributed by atoms with Crippen LogP contribution in [0.2, 0.25) is 5.02 Å². The van der Waals surface area contributed by atoms with E-state index >= 15 is 0 Å². The lowest BCUT2D eigenvalue weighted by Crippen LogP contribution is -2.08. The molecule has 5 heteroatoms. The van der Waals surface area contributed by atoms with E-state index in [2.05, 4.69) is 5.10 Å². The van der Waals surface area contributed by atoms with Crippen LogP contribution in [0.5, 0.6) is 0 Å². The van der Waals surface area contributed by atoms with E-state index in [1.165, 1.54) is 0 Å². The summed E-state index contributed by atoms with van der Waals surface area (Å²) in [5.74, 6) is -0.906. The minimum absolute atomic E-state index is 0.344. The van der Waals surface area contributed by atoms with Gasteiger partial charge in [0.15, 0.2) is 0 Å². The zero-order chi connectivity index (χ0) is 14.7. The Bertz CT molecular complexity index is 635. The smallest absolute Gasteiger partial charge is 0.339 e. The van der Waals surface area contributed by atoms with E-state index in [0.29, 0.717) is 35.7 Å². The molecule has 0 aliphatic heterocycles. The van der Waals surface area contributed by atoms with E-state index in [4.69, 9.17) is 11.6 Å². The van der Waals surface area contributed by atoms with Gasteiger partial charge in [-0.15, -0.1) is 0 Å². The van der Waals surface area contributed by atoms with Crippen molar-refractivity contribution in [2.75, 3.05) is 0 Å². The van der Waals surface area contributed by atoms with Gasteiger partial charge in [0.2, 0.25) is 0 Å². The maximum atomic E-state index is 11.4. The van der Waals surface area contributed by atoms with Crippen LogP contribution in [0.1, 0.15) is 41.2 Å². The first-order chi connectivity index (χ1) is 9.56. The Morgan fingerprint density at radius 1 is 1.35 bits per heavy atom. The summed E-state index contributed by atoms with van der Waals surface area (Å²) >= 11 is 5.98. The number of hydrogen-bond donors (Lipinski definition) is 1. The number of benzene rings is 1. The molecule has 0 saturated heterocycles. The molecule has 2 aromatic rings. The summed E-state index contributed by atoms with van der Waals surface area (Å²) < 4.78 is 1.77. The number of carboxylic acid groups (broad SMARTS) is 1. The van der Waals surface area contributed by atoms with E-state index in [0.717, 1.165) is 11.3 Å². The Kier molecular flexibility index (Phi) is 4.45. The van der Waals surface area contributed by atoms with Gasteiger partial charge < -0.3 is 5.11 Å². The second-order valence-electron chi connectivity index (χ2n) is 4.57. The fraction of sp³-hybridized carbons (Fsp3) is 0.333. The fourth-order valence-electron chi connectivity index (χ4n) is 2.34. The van der Waals surface area contributed by atoms with Crippen molar-refractivity contribution in [3.05, 3.63) is 51.8 Å². The highest BCUT2D eigenvalue weighted by molar-refractivity contribution is 6.30. The molecule has 0 saturated carbocycles. The average Bonchev–Trinajstić information content (AvgIpc) is 2.76. The fourth-order valence-corrected chi connectivity index (χ4v) is 2.56. The van der Waals surface area contributed by atoms with E-state index in [1.807, 2.05) is 38.1 Å². The Balaban J connectivity index is 2.44. The molecule has 0 fully saturated rings. The summed E-state index contributed by atoms with van der Waals surface area (Å²) in [6.07, 6.45) is 1.24. The van der Waals surface area contributed by atoms with Crippen LogP contribution in [-0.4, -0.2) is 20.9 Å². The van der Waals surface area contributed by atoms with Gasteiger partial charge in [0.05, 0.1) is 17.9 Å². The lowest BCUT2D eigenvalue weighted by atomic mass is 10.1. The Morgan fingerprint density at radius 3 is 2.65 bits per heavy atom. The Labute approximate surface area is 123 Å². The van der Waals surface area contributed by atoms with Crippen molar-refractivity contribution in [2.45, 2.75) is 33.2 Å². The molecule has 0 radical (unpaired) electrons. The van der Waals surface area contributed by atoms with Crippen LogP contribution in [0.4, 0.5) is 0 Å². The van der Waals surface area contributed by atoms with Crippen molar-refractivity contribution < 1.29 is 9.90 Å². The van der Waals surface area contributed by atoms with Gasteiger partial charge in [-0.05, 0) is 30.5 Å². The van der Waals surface area contributed by atoms with Crippen LogP contribution in [0.15, 0.2) is 24.3 Å². The molecule has 1 N–H and O–H groups in total. The number of rotatable bonds is 5. The van der Waals surface area contributed by atoms with E-state index in [1.54, 1.807) is 4.68 Å². The topological polar surface area (TPSA) is 55.1 Å². The predicted molar refractivity (Wildman–Crippen MR) is 78.5 cm³/mol. The minimum Gasteiger partial charge on any atom is -0.478 e. The summed E-state index contributed by atoms with van der Waals surface area (Å²) in [6, 6.07) is 7.52. The highest BCUT2D eigenvalue weighted by Crippen LogP contribution is 2.19. The third-order valence-electron chi connectivity index (χ3n) is 3.24. The first-order valence-electron chi connectivity index (χ1n) is 6.63. The summed E-state index contributed by atoms with van der Waals surface area (Å²) in [5, 5.41) is 14.5. The number of nitrogens with zero attached hydrogens (tertiary/aromatic N) is 2. The minimum atomic E-state index is -0.906. The maximum absolute atomic E-state index is 11.4. The molecular formula is C15H17ClN2O2. The number of aromatic nitrogens is 2. The highest BCUT2D eigenvalue weighted by atomic mass is 35.5. The van der Waals surface area contributed by atoms with Crippen molar-refractivity contribution in [1.29, 1.82) is 0 Å². The third-order valence-corrected chi connectivity index (χ3v) is 3.47. The Hall–Kier alpha value is -1.81. The van der Waals surface area contributed by atoms with Gasteiger partial charge in [-0.1, -0.05) is 37.6 Å². The van der Waals surface area contributed by atoms with Crippen LogP contribution < -0.4 is 0 Å². The number of halogens is 1. The van der Waals surface area contributed by atoms with Crippen LogP contribution in [-0.2, 0) is 19.4 Å². The summed E-state index contributed by atoms with van der Waals surface area (Å²) in [5.41, 5.74) is 2.75. The first kappa shape index (κ1) is 14.6. The second-order valence-corrected chi connectivity index (χ2v) is 5.00. The van der Waals surface area contributed by atoms with Crippen molar-refractivity contribution in [2.24, 2.45) is 0 Å². The standard InChI is InChI=1S/C15H17ClN2O2/c1-3-12-14(15(19)20)13(4-2)18(17-12)9-10-6-5-7-11(16)8-10/h5-8H,3-4,9H2,1-2H3,(H,19,20). The quantitative estimate of drug-likeness (QED) is 0.919. The normalized spacial score (nSPS) is 10.8. The molecule has 106 valence electrons. The largest absolute Gasteiger partial charge is 0.478 e. The van der Waals surface area contributed by atoms with Crippen molar-refractivity contribution in [3.8, 4) is 0 Å². The zero-order valence-corrected chi connectivity index (χ0v) is 12.3. The molecule has 0 atom stereocenters. The molecule has 1 heterocycles. The van der Waals surface area contributed by atoms with Crippen molar-refractivity contribution in [1.82, 2.24) is 9.78 Å². The van der Waals surface area contributed by atoms with Gasteiger partial charge >= 0.3 is 5.97 Å². The summed E-state index contributed by atoms with van der Waals surface area (Å²) in [7, 11) is 0. The second kappa shape index (κ2) is 6.09. The molecule has 0 bridgehead atoms. The molecule has 0 spiro atoms. The van der Waals surface area contributed by atoms with Crippen molar-refractivity contribution >= 4 is 17.6 Å². The maximum Gasteiger partial charge on any atom is 0.339 e. The zero-order valence-electron chi connectivity index (χ0n) is 11.6. The van der Waals surface area contributed by atoms with Gasteiger partial charge in [0.25, 0.3) is 0 Å². The monoisotopic (exact) mass is 292 g/mol. The molecule has 0 amide bonds. The number of hydrogen-bond acceptors (Lipinski definition) is 2. The van der Waals surface area contributed by atoms with E-state index in [9.17, 15) is 9.90 Å². The molecule has 1 aromatic heterocycles. The number of carbonyl (C=O) groups is 1. The molecule has 2 rings (SSSR count). The SMILES string of the molecule is CCc1nn(Cc2cccc(Cl)c2)c(CC)c1C(=O)O.